The van der Waals surface area contributed by atoms with Crippen molar-refractivity contribution in [3.8, 4) is 28.6 Å². The van der Waals surface area contributed by atoms with Gasteiger partial charge in [-0.15, -0.1) is 10.2 Å². The molecule has 0 bridgehead atoms. The fourth-order valence-electron chi connectivity index (χ4n) is 3.56. The molecule has 0 spiro atoms. The number of rotatable bonds is 8. The SMILES string of the molecule is CCCCN(Cc1ccc(-c2ccccc2-c2nn[nH]n2)cc1)c1ncccc1C#N. The number of H-pyrrole nitrogens is 1. The predicted molar refractivity (Wildman–Crippen MR) is 120 cm³/mol. The molecule has 0 saturated heterocycles. The van der Waals surface area contributed by atoms with E-state index in [1.165, 1.54) is 0 Å². The topological polar surface area (TPSA) is 94.4 Å². The van der Waals surface area contributed by atoms with E-state index < -0.39 is 0 Å². The first-order chi connectivity index (χ1) is 15.3. The van der Waals surface area contributed by atoms with Gasteiger partial charge in [0.05, 0.1) is 5.56 Å². The zero-order chi connectivity index (χ0) is 21.5. The van der Waals surface area contributed by atoms with Crippen LogP contribution in [0.4, 0.5) is 5.82 Å². The predicted octanol–water partition coefficient (Wildman–Crippen LogP) is 4.61. The molecule has 2 aromatic carbocycles. The van der Waals surface area contributed by atoms with E-state index >= 15 is 0 Å². The third-order valence-electron chi connectivity index (χ3n) is 5.14. The normalized spacial score (nSPS) is 10.6. The van der Waals surface area contributed by atoms with Crippen LogP contribution in [0.15, 0.2) is 66.9 Å². The van der Waals surface area contributed by atoms with Gasteiger partial charge in [0.15, 0.2) is 0 Å². The molecule has 0 aliphatic carbocycles. The Kier molecular flexibility index (Phi) is 6.29. The fourth-order valence-corrected chi connectivity index (χ4v) is 3.56. The molecule has 154 valence electrons. The Morgan fingerprint density at radius 3 is 2.52 bits per heavy atom. The van der Waals surface area contributed by atoms with E-state index in [9.17, 15) is 5.26 Å². The highest BCUT2D eigenvalue weighted by Gasteiger charge is 2.14. The first-order valence-corrected chi connectivity index (χ1v) is 10.3. The Hall–Kier alpha value is -4.05. The number of benzene rings is 2. The van der Waals surface area contributed by atoms with E-state index in [1.807, 2.05) is 24.3 Å². The third-order valence-corrected chi connectivity index (χ3v) is 5.14. The first kappa shape index (κ1) is 20.2. The zero-order valence-electron chi connectivity index (χ0n) is 17.4. The summed E-state index contributed by atoms with van der Waals surface area (Å²) in [6.45, 7) is 3.71. The van der Waals surface area contributed by atoms with Gasteiger partial charge in [-0.3, -0.25) is 0 Å². The highest BCUT2D eigenvalue weighted by molar-refractivity contribution is 5.80. The molecule has 4 rings (SSSR count). The number of anilines is 1. The first-order valence-electron chi connectivity index (χ1n) is 10.3. The van der Waals surface area contributed by atoms with Gasteiger partial charge in [-0.1, -0.05) is 61.9 Å². The standard InChI is InChI=1S/C24H23N7/c1-2-3-15-31(24-20(16-25)7-6-14-26-24)17-18-10-12-19(13-11-18)21-8-4-5-9-22(21)23-27-29-30-28-23/h4-14H,2-3,15,17H2,1H3,(H,27,28,29,30). The van der Waals surface area contributed by atoms with Crippen LogP contribution in [-0.2, 0) is 6.54 Å². The Morgan fingerprint density at radius 2 is 1.81 bits per heavy atom. The Labute approximate surface area is 181 Å². The molecule has 2 heterocycles. The highest BCUT2D eigenvalue weighted by atomic mass is 15.5. The molecule has 1 N–H and O–H groups in total. The monoisotopic (exact) mass is 409 g/mol. The lowest BCUT2D eigenvalue weighted by Gasteiger charge is -2.24. The molecule has 7 nitrogen and oxygen atoms in total. The fraction of sp³-hybridized carbons (Fsp3) is 0.208. The second-order valence-corrected chi connectivity index (χ2v) is 7.24. The summed E-state index contributed by atoms with van der Waals surface area (Å²) in [5.74, 6) is 1.31. The van der Waals surface area contributed by atoms with Crippen molar-refractivity contribution in [1.29, 1.82) is 5.26 Å². The van der Waals surface area contributed by atoms with Gasteiger partial charge in [0, 0.05) is 24.8 Å². The quantitative estimate of drug-likeness (QED) is 0.457. The van der Waals surface area contributed by atoms with Crippen molar-refractivity contribution in [2.24, 2.45) is 0 Å². The summed E-state index contributed by atoms with van der Waals surface area (Å²) in [6, 6.07) is 22.4. The Balaban J connectivity index is 1.60. The average Bonchev–Trinajstić information content (AvgIpc) is 3.37. The molecule has 0 atom stereocenters. The van der Waals surface area contributed by atoms with Crippen LogP contribution in [-0.4, -0.2) is 32.2 Å². The summed E-state index contributed by atoms with van der Waals surface area (Å²) in [6.07, 6.45) is 3.86. The van der Waals surface area contributed by atoms with Crippen LogP contribution < -0.4 is 4.90 Å². The molecule has 0 unspecified atom stereocenters. The number of pyridine rings is 1. The van der Waals surface area contributed by atoms with Gasteiger partial charge in [-0.05, 0) is 40.5 Å². The number of nitrogens with one attached hydrogen (secondary N) is 1. The molecule has 2 aromatic heterocycles. The maximum atomic E-state index is 9.49. The molecule has 0 radical (unpaired) electrons. The van der Waals surface area contributed by atoms with Gasteiger partial charge in [-0.2, -0.15) is 10.5 Å². The van der Waals surface area contributed by atoms with Crippen molar-refractivity contribution in [2.75, 3.05) is 11.4 Å². The van der Waals surface area contributed by atoms with E-state index in [0.29, 0.717) is 17.9 Å². The number of nitriles is 1. The summed E-state index contributed by atoms with van der Waals surface area (Å²) in [5, 5.41) is 23.9. The molecular formula is C24H23N7. The van der Waals surface area contributed by atoms with Gasteiger partial charge in [-0.25, -0.2) is 4.98 Å². The van der Waals surface area contributed by atoms with E-state index in [-0.39, 0.29) is 0 Å². The minimum Gasteiger partial charge on any atom is -0.351 e. The number of hydrogen-bond acceptors (Lipinski definition) is 6. The lowest BCUT2D eigenvalue weighted by atomic mass is 9.98. The number of aromatic nitrogens is 5. The van der Waals surface area contributed by atoms with E-state index in [4.69, 9.17) is 0 Å². The molecular weight excluding hydrogens is 386 g/mol. The third kappa shape index (κ3) is 4.59. The minimum atomic E-state index is 0.574. The molecule has 0 saturated carbocycles. The maximum absolute atomic E-state index is 9.49. The summed E-state index contributed by atoms with van der Waals surface area (Å²) < 4.78 is 0. The van der Waals surface area contributed by atoms with E-state index in [2.05, 4.69) is 73.8 Å². The number of aromatic amines is 1. The molecule has 0 fully saturated rings. The van der Waals surface area contributed by atoms with Gasteiger partial charge < -0.3 is 4.90 Å². The summed E-state index contributed by atoms with van der Waals surface area (Å²) in [5.41, 5.74) is 4.83. The molecule has 0 aliphatic rings. The largest absolute Gasteiger partial charge is 0.351 e. The van der Waals surface area contributed by atoms with Crippen LogP contribution >= 0.6 is 0 Å². The van der Waals surface area contributed by atoms with Crippen LogP contribution in [0, 0.1) is 11.3 Å². The molecule has 0 amide bonds. The molecule has 0 aliphatic heterocycles. The van der Waals surface area contributed by atoms with Crippen LogP contribution in [0.25, 0.3) is 22.5 Å². The van der Waals surface area contributed by atoms with Crippen LogP contribution in [0.2, 0.25) is 0 Å². The minimum absolute atomic E-state index is 0.574. The van der Waals surface area contributed by atoms with Crippen molar-refractivity contribution in [3.63, 3.8) is 0 Å². The van der Waals surface area contributed by atoms with Gasteiger partial charge >= 0.3 is 0 Å². The lowest BCUT2D eigenvalue weighted by molar-refractivity contribution is 0.707. The maximum Gasteiger partial charge on any atom is 0.205 e. The highest BCUT2D eigenvalue weighted by Crippen LogP contribution is 2.30. The van der Waals surface area contributed by atoms with Crippen LogP contribution in [0.1, 0.15) is 30.9 Å². The second kappa shape index (κ2) is 9.63. The van der Waals surface area contributed by atoms with Crippen molar-refractivity contribution in [2.45, 2.75) is 26.3 Å². The van der Waals surface area contributed by atoms with E-state index in [0.717, 1.165) is 47.5 Å². The second-order valence-electron chi connectivity index (χ2n) is 7.24. The van der Waals surface area contributed by atoms with E-state index in [1.54, 1.807) is 12.3 Å². The lowest BCUT2D eigenvalue weighted by Crippen LogP contribution is -2.25. The summed E-state index contributed by atoms with van der Waals surface area (Å²) >= 11 is 0. The molecule has 7 heteroatoms. The number of hydrogen-bond donors (Lipinski definition) is 1. The van der Waals surface area contributed by atoms with Crippen LogP contribution in [0.3, 0.4) is 0 Å². The summed E-state index contributed by atoms with van der Waals surface area (Å²) in [7, 11) is 0. The van der Waals surface area contributed by atoms with Crippen molar-refractivity contribution >= 4 is 5.82 Å². The Bertz CT molecular complexity index is 1160. The molecule has 31 heavy (non-hydrogen) atoms. The van der Waals surface area contributed by atoms with Crippen molar-refractivity contribution in [1.82, 2.24) is 25.6 Å². The Morgan fingerprint density at radius 1 is 1.00 bits per heavy atom. The average molecular weight is 409 g/mol. The smallest absolute Gasteiger partial charge is 0.205 e. The molecule has 4 aromatic rings. The van der Waals surface area contributed by atoms with Crippen molar-refractivity contribution in [3.05, 3.63) is 78.0 Å². The number of nitrogens with zero attached hydrogens (tertiary/aromatic N) is 6. The van der Waals surface area contributed by atoms with Crippen molar-refractivity contribution < 1.29 is 0 Å². The van der Waals surface area contributed by atoms with Crippen LogP contribution in [0.5, 0.6) is 0 Å². The van der Waals surface area contributed by atoms with Gasteiger partial charge in [0.2, 0.25) is 5.82 Å². The zero-order valence-corrected chi connectivity index (χ0v) is 17.4. The van der Waals surface area contributed by atoms with Gasteiger partial charge in [0.1, 0.15) is 11.9 Å². The number of tetrazole rings is 1. The summed E-state index contributed by atoms with van der Waals surface area (Å²) in [4.78, 5) is 6.67. The number of unbranched alkanes of at least 4 members (excludes halogenated alkanes) is 1. The van der Waals surface area contributed by atoms with Gasteiger partial charge in [0.25, 0.3) is 0 Å².